The molecule has 0 aliphatic heterocycles. The average molecular weight is 339 g/mol. The maximum absolute atomic E-state index is 10.5. The number of carbonyl (C=O) groups is 1. The van der Waals surface area contributed by atoms with E-state index in [4.69, 9.17) is 9.47 Å². The van der Waals surface area contributed by atoms with Gasteiger partial charge in [-0.3, -0.25) is 4.79 Å². The molecule has 0 aliphatic rings. The number of hydrogen-bond acceptors (Lipinski definition) is 4. The Kier molecular flexibility index (Phi) is 5.51. The molecule has 3 rings (SSSR count). The molecule has 0 saturated carbocycles. The second-order valence-electron chi connectivity index (χ2n) is 5.51. The molecule has 0 aliphatic carbocycles. The summed E-state index contributed by atoms with van der Waals surface area (Å²) in [6.07, 6.45) is 1.38. The number of methoxy groups -OCH3 is 1. The summed E-state index contributed by atoms with van der Waals surface area (Å²) < 4.78 is 13.1. The smallest absolute Gasteiger partial charge is 0.207 e. The zero-order valence-corrected chi connectivity index (χ0v) is 14.1. The van der Waals surface area contributed by atoms with Crippen LogP contribution in [0.15, 0.2) is 48.5 Å². The number of rotatable bonds is 9. The van der Waals surface area contributed by atoms with Gasteiger partial charge in [-0.15, -0.1) is 0 Å². The van der Waals surface area contributed by atoms with Crippen LogP contribution in [0.4, 0.5) is 0 Å². The van der Waals surface area contributed by atoms with Crippen molar-refractivity contribution < 1.29 is 14.3 Å². The molecule has 2 aromatic carbocycles. The molecule has 0 bridgehead atoms. The van der Waals surface area contributed by atoms with E-state index in [0.717, 1.165) is 28.4 Å². The molecule has 130 valence electrons. The number of aromatic nitrogens is 2. The first-order valence-corrected chi connectivity index (χ1v) is 8.20. The fourth-order valence-corrected chi connectivity index (χ4v) is 2.74. The van der Waals surface area contributed by atoms with Crippen LogP contribution in [-0.4, -0.2) is 36.2 Å². The van der Waals surface area contributed by atoms with E-state index >= 15 is 0 Å². The summed E-state index contributed by atoms with van der Waals surface area (Å²) >= 11 is 0. The molecular formula is C19H21N3O3. The Morgan fingerprint density at radius 3 is 2.64 bits per heavy atom. The van der Waals surface area contributed by atoms with E-state index in [-0.39, 0.29) is 0 Å². The van der Waals surface area contributed by atoms with Crippen LogP contribution in [0.1, 0.15) is 5.82 Å². The van der Waals surface area contributed by atoms with Crippen molar-refractivity contribution in [1.82, 2.24) is 14.9 Å². The topological polar surface area (TPSA) is 65.4 Å². The predicted octanol–water partition coefficient (Wildman–Crippen LogP) is 2.41. The molecule has 0 radical (unpaired) electrons. The summed E-state index contributed by atoms with van der Waals surface area (Å²) in [4.78, 5) is 15.1. The van der Waals surface area contributed by atoms with E-state index in [1.165, 1.54) is 0 Å². The number of carbonyl (C=O) groups excluding carboxylic acids is 1. The summed E-state index contributed by atoms with van der Waals surface area (Å²) in [6.45, 7) is 1.77. The minimum atomic E-state index is 0.529. The number of amides is 1. The number of imidazole rings is 1. The van der Waals surface area contributed by atoms with Crippen molar-refractivity contribution in [3.8, 4) is 11.5 Å². The van der Waals surface area contributed by atoms with Crippen LogP contribution >= 0.6 is 0 Å². The number of benzene rings is 2. The van der Waals surface area contributed by atoms with Crippen LogP contribution in [0.2, 0.25) is 0 Å². The molecule has 1 N–H and O–H groups in total. The Bertz CT molecular complexity index is 828. The van der Waals surface area contributed by atoms with E-state index in [2.05, 4.69) is 14.9 Å². The summed E-state index contributed by atoms with van der Waals surface area (Å²) in [5, 5.41) is 2.68. The van der Waals surface area contributed by atoms with Crippen molar-refractivity contribution in [2.75, 3.05) is 20.3 Å². The lowest BCUT2D eigenvalue weighted by Crippen LogP contribution is -2.18. The highest BCUT2D eigenvalue weighted by Crippen LogP contribution is 2.19. The Hall–Kier alpha value is -3.02. The second-order valence-corrected chi connectivity index (χ2v) is 5.51. The van der Waals surface area contributed by atoms with Crippen molar-refractivity contribution in [3.05, 3.63) is 54.4 Å². The van der Waals surface area contributed by atoms with Gasteiger partial charge in [-0.05, 0) is 36.4 Å². The summed E-state index contributed by atoms with van der Waals surface area (Å²) in [5.41, 5.74) is 2.02. The largest absolute Gasteiger partial charge is 0.497 e. The number of ether oxygens (including phenoxy) is 2. The predicted molar refractivity (Wildman–Crippen MR) is 96.0 cm³/mol. The first-order valence-electron chi connectivity index (χ1n) is 8.20. The highest BCUT2D eigenvalue weighted by Gasteiger charge is 2.10. The van der Waals surface area contributed by atoms with Gasteiger partial charge in [0.1, 0.15) is 23.9 Å². The lowest BCUT2D eigenvalue weighted by Gasteiger charge is -2.11. The van der Waals surface area contributed by atoms with Gasteiger partial charge in [-0.2, -0.15) is 0 Å². The number of para-hydroxylation sites is 2. The van der Waals surface area contributed by atoms with Gasteiger partial charge in [0.15, 0.2) is 0 Å². The van der Waals surface area contributed by atoms with Crippen LogP contribution in [-0.2, 0) is 17.8 Å². The maximum atomic E-state index is 10.5. The van der Waals surface area contributed by atoms with Crippen LogP contribution in [0, 0.1) is 0 Å². The van der Waals surface area contributed by atoms with Crippen molar-refractivity contribution in [3.63, 3.8) is 0 Å². The van der Waals surface area contributed by atoms with Crippen molar-refractivity contribution in [1.29, 1.82) is 0 Å². The van der Waals surface area contributed by atoms with Gasteiger partial charge in [0, 0.05) is 13.0 Å². The van der Waals surface area contributed by atoms with E-state index in [1.807, 2.05) is 48.5 Å². The van der Waals surface area contributed by atoms with Crippen LogP contribution in [0.3, 0.4) is 0 Å². The Morgan fingerprint density at radius 1 is 1.12 bits per heavy atom. The molecule has 25 heavy (non-hydrogen) atoms. The minimum Gasteiger partial charge on any atom is -0.497 e. The molecule has 6 nitrogen and oxygen atoms in total. The zero-order chi connectivity index (χ0) is 17.5. The molecule has 0 spiro atoms. The van der Waals surface area contributed by atoms with Crippen LogP contribution in [0.5, 0.6) is 11.5 Å². The highest BCUT2D eigenvalue weighted by atomic mass is 16.5. The van der Waals surface area contributed by atoms with E-state index in [1.54, 1.807) is 7.11 Å². The van der Waals surface area contributed by atoms with Gasteiger partial charge in [0.25, 0.3) is 0 Å². The molecule has 6 heteroatoms. The Balaban J connectivity index is 1.70. The molecular weight excluding hydrogens is 318 g/mol. The first kappa shape index (κ1) is 16.8. The lowest BCUT2D eigenvalue weighted by atomic mass is 10.3. The summed E-state index contributed by atoms with van der Waals surface area (Å²) in [5.74, 6) is 2.54. The molecule has 0 unspecified atom stereocenters. The third kappa shape index (κ3) is 4.09. The van der Waals surface area contributed by atoms with E-state index in [9.17, 15) is 4.79 Å². The Labute approximate surface area is 146 Å². The molecule has 1 heterocycles. The van der Waals surface area contributed by atoms with Gasteiger partial charge in [-0.25, -0.2) is 4.98 Å². The summed E-state index contributed by atoms with van der Waals surface area (Å²) in [7, 11) is 1.64. The third-order valence-corrected chi connectivity index (χ3v) is 3.95. The van der Waals surface area contributed by atoms with Crippen molar-refractivity contribution in [2.45, 2.75) is 13.0 Å². The molecule has 0 fully saturated rings. The molecule has 3 aromatic rings. The zero-order valence-electron chi connectivity index (χ0n) is 14.1. The number of nitrogens with one attached hydrogen (secondary N) is 1. The van der Waals surface area contributed by atoms with E-state index < -0.39 is 0 Å². The number of nitrogens with zero attached hydrogens (tertiary/aromatic N) is 2. The van der Waals surface area contributed by atoms with Crippen LogP contribution in [0.25, 0.3) is 11.0 Å². The summed E-state index contributed by atoms with van der Waals surface area (Å²) in [6, 6.07) is 15.5. The monoisotopic (exact) mass is 339 g/mol. The average Bonchev–Trinajstić information content (AvgIpc) is 3.00. The molecule has 0 atom stereocenters. The van der Waals surface area contributed by atoms with Crippen molar-refractivity contribution in [2.24, 2.45) is 0 Å². The van der Waals surface area contributed by atoms with Crippen LogP contribution < -0.4 is 14.8 Å². The fraction of sp³-hybridized carbons (Fsp3) is 0.263. The van der Waals surface area contributed by atoms with Crippen molar-refractivity contribution >= 4 is 17.4 Å². The molecule has 1 aromatic heterocycles. The van der Waals surface area contributed by atoms with Gasteiger partial charge >= 0.3 is 0 Å². The SMILES string of the molecule is COc1ccc(OCCn2c(CCNC=O)nc3ccccc32)cc1. The van der Waals surface area contributed by atoms with Gasteiger partial charge in [0.05, 0.1) is 24.7 Å². The quantitative estimate of drug-likeness (QED) is 0.480. The maximum Gasteiger partial charge on any atom is 0.207 e. The molecule has 1 amide bonds. The lowest BCUT2D eigenvalue weighted by molar-refractivity contribution is -0.109. The van der Waals surface area contributed by atoms with Gasteiger partial charge < -0.3 is 19.4 Å². The third-order valence-electron chi connectivity index (χ3n) is 3.95. The second kappa shape index (κ2) is 8.19. The van der Waals surface area contributed by atoms with Gasteiger partial charge in [-0.1, -0.05) is 12.1 Å². The Morgan fingerprint density at radius 2 is 1.88 bits per heavy atom. The number of fused-ring (bicyclic) bond motifs is 1. The van der Waals surface area contributed by atoms with Gasteiger partial charge in [0.2, 0.25) is 6.41 Å². The highest BCUT2D eigenvalue weighted by molar-refractivity contribution is 5.75. The first-order chi connectivity index (χ1) is 12.3. The minimum absolute atomic E-state index is 0.529. The molecule has 0 saturated heterocycles. The fourth-order valence-electron chi connectivity index (χ4n) is 2.74. The number of hydrogen-bond donors (Lipinski definition) is 1. The standard InChI is InChI=1S/C19H21N3O3/c1-24-15-6-8-16(9-7-15)25-13-12-22-18-5-3-2-4-17(18)21-19(22)10-11-20-14-23/h2-9,14H,10-13H2,1H3,(H,20,23). The normalized spacial score (nSPS) is 10.6. The van der Waals surface area contributed by atoms with E-state index in [0.29, 0.717) is 32.5 Å².